The molecule has 0 aliphatic heterocycles. The Morgan fingerprint density at radius 1 is 0.952 bits per heavy atom. The number of nitrogens with two attached hydrogens (primary N) is 1. The average Bonchev–Trinajstić information content (AvgIpc) is 2.51. The van der Waals surface area contributed by atoms with Gasteiger partial charge in [0.15, 0.2) is 0 Å². The minimum atomic E-state index is -0.0189. The van der Waals surface area contributed by atoms with Gasteiger partial charge in [0.25, 0.3) is 5.56 Å². The lowest BCUT2D eigenvalue weighted by Crippen LogP contribution is -2.22. The van der Waals surface area contributed by atoms with E-state index in [-0.39, 0.29) is 5.56 Å². The third-order valence-electron chi connectivity index (χ3n) is 3.36. The van der Waals surface area contributed by atoms with Crippen molar-refractivity contribution in [3.8, 4) is 5.75 Å². The SMILES string of the molecule is Nc1ccc(OCCn2c(=O)ccc3ccccc32)cc1. The first-order chi connectivity index (χ1) is 10.2. The number of nitrogen functional groups attached to an aromatic ring is 1. The highest BCUT2D eigenvalue weighted by Crippen LogP contribution is 2.14. The second-order valence-corrected chi connectivity index (χ2v) is 4.80. The molecule has 0 saturated carbocycles. The molecule has 1 aromatic heterocycles. The molecule has 0 fully saturated rings. The maximum absolute atomic E-state index is 12.0. The summed E-state index contributed by atoms with van der Waals surface area (Å²) in [4.78, 5) is 12.0. The Kier molecular flexibility index (Phi) is 3.60. The van der Waals surface area contributed by atoms with Crippen LogP contribution in [0.15, 0.2) is 65.5 Å². The van der Waals surface area contributed by atoms with Crippen LogP contribution in [0.2, 0.25) is 0 Å². The van der Waals surface area contributed by atoms with Crippen LogP contribution in [-0.2, 0) is 6.54 Å². The lowest BCUT2D eigenvalue weighted by molar-refractivity contribution is 0.298. The average molecular weight is 280 g/mol. The number of fused-ring (bicyclic) bond motifs is 1. The molecule has 106 valence electrons. The number of ether oxygens (including phenoxy) is 1. The van der Waals surface area contributed by atoms with E-state index in [0.29, 0.717) is 18.8 Å². The lowest BCUT2D eigenvalue weighted by Gasteiger charge is -2.11. The largest absolute Gasteiger partial charge is 0.492 e. The van der Waals surface area contributed by atoms with Gasteiger partial charge in [-0.15, -0.1) is 0 Å². The zero-order valence-electron chi connectivity index (χ0n) is 11.5. The number of nitrogens with zero attached hydrogens (tertiary/aromatic N) is 1. The number of hydrogen-bond acceptors (Lipinski definition) is 3. The molecule has 0 aliphatic carbocycles. The molecule has 0 spiro atoms. The Bertz CT molecular complexity index is 807. The van der Waals surface area contributed by atoms with Crippen molar-refractivity contribution in [3.05, 3.63) is 71.0 Å². The smallest absolute Gasteiger partial charge is 0.251 e. The van der Waals surface area contributed by atoms with Crippen LogP contribution in [0.25, 0.3) is 10.9 Å². The van der Waals surface area contributed by atoms with Crippen LogP contribution in [0, 0.1) is 0 Å². The van der Waals surface area contributed by atoms with Gasteiger partial charge in [-0.2, -0.15) is 0 Å². The standard InChI is InChI=1S/C17H16N2O2/c18-14-6-8-15(9-7-14)21-12-11-19-16-4-2-1-3-13(16)5-10-17(19)20/h1-10H,11-12,18H2. The van der Waals surface area contributed by atoms with Crippen LogP contribution in [0.4, 0.5) is 5.69 Å². The zero-order valence-corrected chi connectivity index (χ0v) is 11.5. The summed E-state index contributed by atoms with van der Waals surface area (Å²) in [6, 6.07) is 18.5. The van der Waals surface area contributed by atoms with Crippen LogP contribution in [0.5, 0.6) is 5.75 Å². The quantitative estimate of drug-likeness (QED) is 0.747. The van der Waals surface area contributed by atoms with Gasteiger partial charge < -0.3 is 15.0 Å². The van der Waals surface area contributed by atoms with Crippen LogP contribution in [0.1, 0.15) is 0 Å². The molecular weight excluding hydrogens is 264 g/mol. The Morgan fingerprint density at radius 2 is 1.71 bits per heavy atom. The van der Waals surface area contributed by atoms with Gasteiger partial charge in [-0.05, 0) is 41.8 Å². The van der Waals surface area contributed by atoms with Gasteiger partial charge in [0.1, 0.15) is 12.4 Å². The van der Waals surface area contributed by atoms with E-state index in [1.165, 1.54) is 0 Å². The van der Waals surface area contributed by atoms with Gasteiger partial charge in [0, 0.05) is 11.8 Å². The molecule has 2 aromatic carbocycles. The summed E-state index contributed by atoms with van der Waals surface area (Å²) in [5.74, 6) is 0.748. The summed E-state index contributed by atoms with van der Waals surface area (Å²) in [5, 5.41) is 1.05. The van der Waals surface area contributed by atoms with Crippen molar-refractivity contribution < 1.29 is 4.74 Å². The van der Waals surface area contributed by atoms with E-state index in [1.54, 1.807) is 22.8 Å². The predicted molar refractivity (Wildman–Crippen MR) is 84.6 cm³/mol. The molecule has 0 saturated heterocycles. The molecule has 1 heterocycles. The van der Waals surface area contributed by atoms with Crippen LogP contribution in [0.3, 0.4) is 0 Å². The summed E-state index contributed by atoms with van der Waals surface area (Å²) in [5.41, 5.74) is 7.23. The molecule has 4 heteroatoms. The van der Waals surface area contributed by atoms with Gasteiger partial charge >= 0.3 is 0 Å². The van der Waals surface area contributed by atoms with Crippen LogP contribution < -0.4 is 16.0 Å². The lowest BCUT2D eigenvalue weighted by atomic mass is 10.2. The van der Waals surface area contributed by atoms with Gasteiger partial charge in [-0.3, -0.25) is 4.79 Å². The van der Waals surface area contributed by atoms with E-state index < -0.39 is 0 Å². The van der Waals surface area contributed by atoms with Crippen molar-refractivity contribution in [2.75, 3.05) is 12.3 Å². The normalized spacial score (nSPS) is 10.7. The second kappa shape index (κ2) is 5.71. The first kappa shape index (κ1) is 13.2. The minimum Gasteiger partial charge on any atom is -0.492 e. The fourth-order valence-corrected chi connectivity index (χ4v) is 2.29. The summed E-state index contributed by atoms with van der Waals surface area (Å²) in [7, 11) is 0. The number of rotatable bonds is 4. The van der Waals surface area contributed by atoms with Crippen molar-refractivity contribution in [2.45, 2.75) is 6.54 Å². The highest BCUT2D eigenvalue weighted by atomic mass is 16.5. The fourth-order valence-electron chi connectivity index (χ4n) is 2.29. The highest BCUT2D eigenvalue weighted by molar-refractivity contribution is 5.78. The number of para-hydroxylation sites is 1. The molecule has 0 radical (unpaired) electrons. The molecule has 4 nitrogen and oxygen atoms in total. The van der Waals surface area contributed by atoms with Crippen LogP contribution >= 0.6 is 0 Å². The number of anilines is 1. The first-order valence-corrected chi connectivity index (χ1v) is 6.81. The van der Waals surface area contributed by atoms with Crippen molar-refractivity contribution in [1.29, 1.82) is 0 Å². The number of hydrogen-bond donors (Lipinski definition) is 1. The van der Waals surface area contributed by atoms with E-state index in [9.17, 15) is 4.79 Å². The molecular formula is C17H16N2O2. The molecule has 0 atom stereocenters. The van der Waals surface area contributed by atoms with Gasteiger partial charge in [-0.25, -0.2) is 0 Å². The van der Waals surface area contributed by atoms with E-state index in [2.05, 4.69) is 0 Å². The maximum Gasteiger partial charge on any atom is 0.251 e. The third kappa shape index (κ3) is 2.89. The van der Waals surface area contributed by atoms with Crippen molar-refractivity contribution >= 4 is 16.6 Å². The van der Waals surface area contributed by atoms with Gasteiger partial charge in [0.05, 0.1) is 12.1 Å². The Hall–Kier alpha value is -2.75. The molecule has 0 unspecified atom stereocenters. The van der Waals surface area contributed by atoms with E-state index in [1.807, 2.05) is 42.5 Å². The van der Waals surface area contributed by atoms with Gasteiger partial charge in [-0.1, -0.05) is 18.2 Å². The second-order valence-electron chi connectivity index (χ2n) is 4.80. The fraction of sp³-hybridized carbons (Fsp3) is 0.118. The Labute approximate surface area is 122 Å². The molecule has 0 bridgehead atoms. The molecule has 2 N–H and O–H groups in total. The van der Waals surface area contributed by atoms with Crippen molar-refractivity contribution in [2.24, 2.45) is 0 Å². The summed E-state index contributed by atoms with van der Waals surface area (Å²) < 4.78 is 7.38. The summed E-state index contributed by atoms with van der Waals surface area (Å²) in [6.07, 6.45) is 0. The Morgan fingerprint density at radius 3 is 2.52 bits per heavy atom. The number of aromatic nitrogens is 1. The van der Waals surface area contributed by atoms with Crippen molar-refractivity contribution in [1.82, 2.24) is 4.57 Å². The first-order valence-electron chi connectivity index (χ1n) is 6.81. The molecule has 0 aliphatic rings. The Balaban J connectivity index is 1.77. The molecule has 3 rings (SSSR count). The van der Waals surface area contributed by atoms with Crippen molar-refractivity contribution in [3.63, 3.8) is 0 Å². The highest BCUT2D eigenvalue weighted by Gasteiger charge is 2.02. The topological polar surface area (TPSA) is 57.2 Å². The van der Waals surface area contributed by atoms with E-state index in [0.717, 1.165) is 16.7 Å². The number of pyridine rings is 1. The van der Waals surface area contributed by atoms with E-state index in [4.69, 9.17) is 10.5 Å². The van der Waals surface area contributed by atoms with E-state index >= 15 is 0 Å². The maximum atomic E-state index is 12.0. The summed E-state index contributed by atoms with van der Waals surface area (Å²) >= 11 is 0. The van der Waals surface area contributed by atoms with Crippen LogP contribution in [-0.4, -0.2) is 11.2 Å². The molecule has 0 amide bonds. The third-order valence-corrected chi connectivity index (χ3v) is 3.36. The molecule has 21 heavy (non-hydrogen) atoms. The van der Waals surface area contributed by atoms with Gasteiger partial charge in [0.2, 0.25) is 0 Å². The zero-order chi connectivity index (χ0) is 14.7. The monoisotopic (exact) mass is 280 g/mol. The molecule has 3 aromatic rings. The predicted octanol–water partition coefficient (Wildman–Crippen LogP) is 2.66. The summed E-state index contributed by atoms with van der Waals surface area (Å²) in [6.45, 7) is 0.933. The minimum absolute atomic E-state index is 0.0189. The number of benzene rings is 2.